The van der Waals surface area contributed by atoms with Crippen molar-refractivity contribution in [1.29, 1.82) is 0 Å². The van der Waals surface area contributed by atoms with Gasteiger partial charge < -0.3 is 4.74 Å². The molecule has 0 unspecified atom stereocenters. The number of hydrogen-bond donors (Lipinski definition) is 0. The molecular weight excluding hydrogens is 338 g/mol. The van der Waals surface area contributed by atoms with E-state index < -0.39 is 0 Å². The van der Waals surface area contributed by atoms with Gasteiger partial charge in [0.15, 0.2) is 0 Å². The summed E-state index contributed by atoms with van der Waals surface area (Å²) in [6, 6.07) is 20.1. The van der Waals surface area contributed by atoms with E-state index >= 15 is 0 Å². The van der Waals surface area contributed by atoms with Crippen molar-refractivity contribution in [2.45, 2.75) is 0 Å². The highest BCUT2D eigenvalue weighted by Gasteiger charge is 2.27. The zero-order valence-electron chi connectivity index (χ0n) is 15.1. The second-order valence-electron chi connectivity index (χ2n) is 6.20. The van der Waals surface area contributed by atoms with Crippen molar-refractivity contribution in [3.63, 3.8) is 0 Å². The van der Waals surface area contributed by atoms with Gasteiger partial charge in [-0.1, -0.05) is 60.7 Å². The Balaban J connectivity index is 1.65. The van der Waals surface area contributed by atoms with E-state index in [2.05, 4.69) is 15.1 Å². The summed E-state index contributed by atoms with van der Waals surface area (Å²) in [6.45, 7) is 3.03. The van der Waals surface area contributed by atoms with Crippen LogP contribution < -0.4 is 9.58 Å². The van der Waals surface area contributed by atoms with Gasteiger partial charge in [0.05, 0.1) is 38.7 Å². The number of morpholine rings is 1. The number of imidazole rings is 1. The molecule has 4 rings (SSSR count). The highest BCUT2D eigenvalue weighted by Crippen LogP contribution is 2.12. The second-order valence-corrected chi connectivity index (χ2v) is 6.20. The van der Waals surface area contributed by atoms with Gasteiger partial charge in [-0.15, -0.1) is 19.6 Å². The molecule has 3 aromatic rings. The first-order chi connectivity index (χ1) is 13.4. The summed E-state index contributed by atoms with van der Waals surface area (Å²) in [5, 5.41) is 9.28. The maximum absolute atomic E-state index is 5.50. The lowest BCUT2D eigenvalue weighted by Crippen LogP contribution is -2.44. The summed E-state index contributed by atoms with van der Waals surface area (Å²) < 4.78 is 9.22. The monoisotopic (exact) mass is 360 g/mol. The minimum absolute atomic E-state index is 0.704. The highest BCUT2D eigenvalue weighted by molar-refractivity contribution is 5.79. The van der Waals surface area contributed by atoms with Crippen LogP contribution in [0.5, 0.6) is 0 Å². The molecule has 2 heterocycles. The van der Waals surface area contributed by atoms with Crippen LogP contribution in [0.3, 0.4) is 0 Å². The Morgan fingerprint density at radius 3 is 2.15 bits per heavy atom. The molecule has 1 fully saturated rings. The number of hydrogen-bond acceptors (Lipinski definition) is 4. The lowest BCUT2D eigenvalue weighted by Gasteiger charge is -2.22. The van der Waals surface area contributed by atoms with Crippen LogP contribution in [0, 0.1) is 0 Å². The zero-order valence-corrected chi connectivity index (χ0v) is 15.1. The fourth-order valence-corrected chi connectivity index (χ4v) is 2.93. The van der Waals surface area contributed by atoms with Crippen LogP contribution in [0.2, 0.25) is 0 Å². The van der Waals surface area contributed by atoms with Crippen molar-refractivity contribution < 1.29 is 9.41 Å². The molecule has 136 valence electrons. The van der Waals surface area contributed by atoms with E-state index in [1.54, 1.807) is 0 Å². The lowest BCUT2D eigenvalue weighted by atomic mass is 10.2. The maximum atomic E-state index is 5.50. The fourth-order valence-electron chi connectivity index (χ4n) is 2.93. The fraction of sp³-hybridized carbons (Fsp3) is 0.190. The SMILES string of the molecule is C(=Nn1cc[n+](N=Cc2ccccc2)c1N1CCOCC1)c1ccccc1. The standard InChI is InChI=1S/C21H22N5O/c1-3-7-19(8-4-1)17-22-25-11-12-26(21(25)24-13-15-27-16-14-24)23-18-20-9-5-2-6-10-20/h1-12,17-18H,13-16H2/q+1. The van der Waals surface area contributed by atoms with Crippen LogP contribution >= 0.6 is 0 Å². The van der Waals surface area contributed by atoms with E-state index in [-0.39, 0.29) is 0 Å². The van der Waals surface area contributed by atoms with Crippen molar-refractivity contribution in [2.24, 2.45) is 10.2 Å². The Bertz CT molecular complexity index is 845. The predicted octanol–water partition coefficient (Wildman–Crippen LogP) is 2.38. The van der Waals surface area contributed by atoms with Crippen LogP contribution in [0.4, 0.5) is 5.95 Å². The van der Waals surface area contributed by atoms with Crippen molar-refractivity contribution >= 4 is 18.4 Å². The molecule has 1 aliphatic rings. The quantitative estimate of drug-likeness (QED) is 0.518. The Morgan fingerprint density at radius 1 is 0.852 bits per heavy atom. The minimum Gasteiger partial charge on any atom is -0.375 e. The third-order valence-corrected chi connectivity index (χ3v) is 4.31. The maximum Gasteiger partial charge on any atom is 0.408 e. The van der Waals surface area contributed by atoms with Gasteiger partial charge >= 0.3 is 5.95 Å². The first-order valence-corrected chi connectivity index (χ1v) is 9.05. The van der Waals surface area contributed by atoms with E-state index in [1.165, 1.54) is 0 Å². The lowest BCUT2D eigenvalue weighted by molar-refractivity contribution is -0.665. The van der Waals surface area contributed by atoms with E-state index in [0.29, 0.717) is 13.2 Å². The van der Waals surface area contributed by atoms with Crippen molar-refractivity contribution in [2.75, 3.05) is 31.2 Å². The summed E-state index contributed by atoms with van der Waals surface area (Å²) in [5.41, 5.74) is 2.11. The first kappa shape index (κ1) is 17.2. The van der Waals surface area contributed by atoms with Gasteiger partial charge in [-0.05, 0) is 11.1 Å². The summed E-state index contributed by atoms with van der Waals surface area (Å²) in [4.78, 5) is 2.24. The molecule has 6 heteroatoms. The number of nitrogens with zero attached hydrogens (tertiary/aromatic N) is 5. The summed E-state index contributed by atoms with van der Waals surface area (Å²) >= 11 is 0. The van der Waals surface area contributed by atoms with Gasteiger partial charge in [-0.3, -0.25) is 4.90 Å². The molecular formula is C21H22N5O+. The Morgan fingerprint density at radius 2 is 1.48 bits per heavy atom. The third-order valence-electron chi connectivity index (χ3n) is 4.31. The van der Waals surface area contributed by atoms with Gasteiger partial charge in [0.2, 0.25) is 0 Å². The minimum atomic E-state index is 0.704. The molecule has 0 spiro atoms. The highest BCUT2D eigenvalue weighted by atomic mass is 16.5. The molecule has 27 heavy (non-hydrogen) atoms. The number of ether oxygens (including phenoxy) is 1. The van der Waals surface area contributed by atoms with E-state index in [4.69, 9.17) is 4.74 Å². The van der Waals surface area contributed by atoms with Crippen LogP contribution in [0.15, 0.2) is 83.3 Å². The first-order valence-electron chi connectivity index (χ1n) is 9.05. The van der Waals surface area contributed by atoms with E-state index in [0.717, 1.165) is 30.2 Å². The van der Waals surface area contributed by atoms with E-state index in [1.807, 2.05) is 94.8 Å². The number of anilines is 1. The van der Waals surface area contributed by atoms with Gasteiger partial charge in [0, 0.05) is 0 Å². The van der Waals surface area contributed by atoms with Gasteiger partial charge in [-0.25, -0.2) is 0 Å². The summed E-state index contributed by atoms with van der Waals surface area (Å²) in [5.74, 6) is 0.915. The largest absolute Gasteiger partial charge is 0.408 e. The van der Waals surface area contributed by atoms with Gasteiger partial charge in [0.1, 0.15) is 12.4 Å². The average Bonchev–Trinajstić information content (AvgIpc) is 3.16. The number of aromatic nitrogens is 2. The van der Waals surface area contributed by atoms with Crippen molar-refractivity contribution in [3.8, 4) is 0 Å². The summed E-state index contributed by atoms with van der Waals surface area (Å²) in [7, 11) is 0. The van der Waals surface area contributed by atoms with Crippen LogP contribution in [-0.4, -0.2) is 43.4 Å². The molecule has 0 amide bonds. The number of benzene rings is 2. The Labute approximate surface area is 158 Å². The van der Waals surface area contributed by atoms with E-state index in [9.17, 15) is 0 Å². The molecule has 6 nitrogen and oxygen atoms in total. The molecule has 0 radical (unpaired) electrons. The van der Waals surface area contributed by atoms with Crippen LogP contribution in [0.25, 0.3) is 0 Å². The number of rotatable bonds is 5. The average molecular weight is 360 g/mol. The normalized spacial score (nSPS) is 15.0. The molecule has 1 aliphatic heterocycles. The molecule has 0 aliphatic carbocycles. The molecule has 0 N–H and O–H groups in total. The zero-order chi connectivity index (χ0) is 18.3. The van der Waals surface area contributed by atoms with Gasteiger partial charge in [-0.2, -0.15) is 0 Å². The smallest absolute Gasteiger partial charge is 0.375 e. The summed E-state index contributed by atoms with van der Waals surface area (Å²) in [6.07, 6.45) is 7.56. The molecule has 1 aromatic heterocycles. The Hall–Kier alpha value is -3.25. The molecule has 0 atom stereocenters. The molecule has 0 saturated carbocycles. The second kappa shape index (κ2) is 8.42. The molecule has 2 aromatic carbocycles. The Kier molecular flexibility index (Phi) is 5.36. The van der Waals surface area contributed by atoms with Crippen molar-refractivity contribution in [3.05, 3.63) is 84.2 Å². The van der Waals surface area contributed by atoms with Crippen molar-refractivity contribution in [1.82, 2.24) is 4.68 Å². The predicted molar refractivity (Wildman–Crippen MR) is 107 cm³/mol. The molecule has 0 bridgehead atoms. The molecule has 1 saturated heterocycles. The third kappa shape index (κ3) is 4.30. The van der Waals surface area contributed by atoms with Crippen LogP contribution in [0.1, 0.15) is 11.1 Å². The van der Waals surface area contributed by atoms with Gasteiger partial charge in [0.25, 0.3) is 0 Å². The topological polar surface area (TPSA) is 46.0 Å². The van der Waals surface area contributed by atoms with Crippen LogP contribution in [-0.2, 0) is 4.74 Å².